The summed E-state index contributed by atoms with van der Waals surface area (Å²) in [6, 6.07) is 3.65. The fourth-order valence-electron chi connectivity index (χ4n) is 4.42. The summed E-state index contributed by atoms with van der Waals surface area (Å²) in [5.41, 5.74) is 2.82. The van der Waals surface area contributed by atoms with E-state index in [1.165, 1.54) is 0 Å². The van der Waals surface area contributed by atoms with Gasteiger partial charge in [0.25, 0.3) is 0 Å². The van der Waals surface area contributed by atoms with Gasteiger partial charge in [-0.15, -0.1) is 0 Å². The second-order valence-electron chi connectivity index (χ2n) is 8.11. The lowest BCUT2D eigenvalue weighted by atomic mass is 9.75. The van der Waals surface area contributed by atoms with Gasteiger partial charge in [-0.2, -0.15) is 0 Å². The van der Waals surface area contributed by atoms with Gasteiger partial charge >= 0.3 is 0 Å². The number of benzene rings is 1. The molecule has 2 atom stereocenters. The molecule has 2 heterocycles. The molecule has 7 nitrogen and oxygen atoms in total. The first-order chi connectivity index (χ1) is 14.4. The second-order valence-corrected chi connectivity index (χ2v) is 8.11. The van der Waals surface area contributed by atoms with Gasteiger partial charge < -0.3 is 19.2 Å². The lowest BCUT2D eigenvalue weighted by Gasteiger charge is -2.27. The molecule has 1 saturated carbocycles. The molecule has 0 unspecified atom stereocenters. The van der Waals surface area contributed by atoms with Gasteiger partial charge in [-0.3, -0.25) is 4.79 Å². The van der Waals surface area contributed by atoms with Gasteiger partial charge in [0.2, 0.25) is 5.75 Å². The van der Waals surface area contributed by atoms with E-state index in [2.05, 4.69) is 23.8 Å². The van der Waals surface area contributed by atoms with Crippen molar-refractivity contribution in [3.63, 3.8) is 0 Å². The first kappa shape index (κ1) is 20.2. The van der Waals surface area contributed by atoms with E-state index in [1.807, 2.05) is 12.1 Å². The minimum Gasteiger partial charge on any atom is -0.493 e. The van der Waals surface area contributed by atoms with Crippen molar-refractivity contribution in [2.75, 3.05) is 21.3 Å². The number of ketones is 1. The van der Waals surface area contributed by atoms with Crippen molar-refractivity contribution < 1.29 is 19.0 Å². The Hall–Kier alpha value is -3.09. The van der Waals surface area contributed by atoms with Crippen LogP contribution in [0.4, 0.5) is 0 Å². The van der Waals surface area contributed by atoms with Crippen LogP contribution in [0.5, 0.6) is 17.2 Å². The predicted molar refractivity (Wildman–Crippen MR) is 114 cm³/mol. The smallest absolute Gasteiger partial charge is 0.203 e. The number of fused-ring (bicyclic) bond motifs is 1. The number of carbonyl (C=O) groups is 1. The molecule has 3 aromatic rings. The quantitative estimate of drug-likeness (QED) is 0.596. The number of hydrogen-bond acceptors (Lipinski definition) is 6. The van der Waals surface area contributed by atoms with E-state index in [4.69, 9.17) is 19.2 Å². The highest BCUT2D eigenvalue weighted by Crippen LogP contribution is 2.46. The fraction of sp³-hybridized carbons (Fsp3) is 0.435. The summed E-state index contributed by atoms with van der Waals surface area (Å²) in [6.07, 6.45) is 6.47. The standard InChI is InChI=1S/C23H27N3O4/c1-13-7-6-8-23(13,2)21(27)15-11-24-22-19(15)26-16(12-25-22)14-9-17(28-3)20(30-5)18(10-14)29-4/h9-13H,6-8H2,1-5H3,(H,24,25)/t13-,23-/m0/s1. The lowest BCUT2D eigenvalue weighted by molar-refractivity contribution is 0.0767. The van der Waals surface area contributed by atoms with Crippen LogP contribution in [0.15, 0.2) is 24.5 Å². The SMILES string of the molecule is COc1cc(-c2cnc3[nH]cc(C(=O)[C@@]4(C)CCC[C@@H]4C)c3n2)cc(OC)c1OC. The second kappa shape index (κ2) is 7.63. The van der Waals surface area contributed by atoms with E-state index in [0.29, 0.717) is 45.6 Å². The van der Waals surface area contributed by atoms with Crippen molar-refractivity contribution >= 4 is 16.9 Å². The van der Waals surface area contributed by atoms with Crippen LogP contribution in [0, 0.1) is 11.3 Å². The molecule has 0 bridgehead atoms. The molecule has 0 radical (unpaired) electrons. The molecule has 0 amide bonds. The molecular weight excluding hydrogens is 382 g/mol. The van der Waals surface area contributed by atoms with E-state index in [-0.39, 0.29) is 11.2 Å². The Balaban J connectivity index is 1.81. The molecule has 0 saturated heterocycles. The van der Waals surface area contributed by atoms with Crippen molar-refractivity contribution in [2.45, 2.75) is 33.1 Å². The number of ether oxygens (including phenoxy) is 3. The van der Waals surface area contributed by atoms with E-state index in [9.17, 15) is 4.79 Å². The highest BCUT2D eigenvalue weighted by atomic mass is 16.5. The topological polar surface area (TPSA) is 86.3 Å². The van der Waals surface area contributed by atoms with Gasteiger partial charge in [0.05, 0.1) is 38.8 Å². The molecular formula is C23H27N3O4. The number of nitrogens with zero attached hydrogens (tertiary/aromatic N) is 2. The van der Waals surface area contributed by atoms with Crippen molar-refractivity contribution in [3.8, 4) is 28.5 Å². The Morgan fingerprint density at radius 2 is 1.87 bits per heavy atom. The Bertz CT molecular complexity index is 1080. The zero-order valence-corrected chi connectivity index (χ0v) is 18.0. The van der Waals surface area contributed by atoms with Gasteiger partial charge in [0, 0.05) is 17.2 Å². The molecule has 1 fully saturated rings. The normalized spacial score (nSPS) is 21.0. The van der Waals surface area contributed by atoms with Crippen LogP contribution in [0.3, 0.4) is 0 Å². The number of carbonyl (C=O) groups excluding carboxylic acids is 1. The maximum absolute atomic E-state index is 13.4. The lowest BCUT2D eigenvalue weighted by Crippen LogP contribution is -2.30. The van der Waals surface area contributed by atoms with Gasteiger partial charge in [0.1, 0.15) is 5.52 Å². The average molecular weight is 409 g/mol. The Morgan fingerprint density at radius 1 is 1.17 bits per heavy atom. The van der Waals surface area contributed by atoms with E-state index in [0.717, 1.165) is 24.8 Å². The van der Waals surface area contributed by atoms with Crippen LogP contribution in [-0.2, 0) is 0 Å². The average Bonchev–Trinajstić information content (AvgIpc) is 3.35. The van der Waals surface area contributed by atoms with Crippen molar-refractivity contribution in [2.24, 2.45) is 11.3 Å². The van der Waals surface area contributed by atoms with Crippen LogP contribution >= 0.6 is 0 Å². The third-order valence-corrected chi connectivity index (χ3v) is 6.53. The molecule has 7 heteroatoms. The number of Topliss-reactive ketones (excluding diaryl/α,β-unsaturated/α-hetero) is 1. The van der Waals surface area contributed by atoms with Crippen LogP contribution in [0.2, 0.25) is 0 Å². The molecule has 30 heavy (non-hydrogen) atoms. The maximum Gasteiger partial charge on any atom is 0.203 e. The summed E-state index contributed by atoms with van der Waals surface area (Å²) >= 11 is 0. The fourth-order valence-corrected chi connectivity index (χ4v) is 4.42. The van der Waals surface area contributed by atoms with Crippen LogP contribution in [-0.4, -0.2) is 42.1 Å². The minimum atomic E-state index is -0.362. The maximum atomic E-state index is 13.4. The van der Waals surface area contributed by atoms with Crippen molar-refractivity contribution in [1.82, 2.24) is 15.0 Å². The first-order valence-corrected chi connectivity index (χ1v) is 10.1. The summed E-state index contributed by atoms with van der Waals surface area (Å²) in [4.78, 5) is 25.8. The summed E-state index contributed by atoms with van der Waals surface area (Å²) in [7, 11) is 4.71. The molecule has 2 aromatic heterocycles. The number of rotatable bonds is 6. The van der Waals surface area contributed by atoms with Gasteiger partial charge in [0.15, 0.2) is 22.9 Å². The predicted octanol–water partition coefficient (Wildman–Crippen LogP) is 4.66. The van der Waals surface area contributed by atoms with Gasteiger partial charge in [-0.05, 0) is 30.9 Å². The third-order valence-electron chi connectivity index (χ3n) is 6.53. The summed E-state index contributed by atoms with van der Waals surface area (Å²) in [5.74, 6) is 2.06. The molecule has 1 aliphatic rings. The van der Waals surface area contributed by atoms with Crippen molar-refractivity contribution in [1.29, 1.82) is 0 Å². The van der Waals surface area contributed by atoms with E-state index in [1.54, 1.807) is 33.7 Å². The Labute approximate surface area is 175 Å². The minimum absolute atomic E-state index is 0.134. The molecule has 158 valence electrons. The molecule has 1 aliphatic carbocycles. The van der Waals surface area contributed by atoms with E-state index >= 15 is 0 Å². The number of nitrogens with one attached hydrogen (secondary N) is 1. The summed E-state index contributed by atoms with van der Waals surface area (Å²) < 4.78 is 16.3. The van der Waals surface area contributed by atoms with E-state index < -0.39 is 0 Å². The zero-order chi connectivity index (χ0) is 21.5. The highest BCUT2D eigenvalue weighted by molar-refractivity contribution is 6.09. The Morgan fingerprint density at radius 3 is 2.43 bits per heavy atom. The molecule has 1 N–H and O–H groups in total. The summed E-state index contributed by atoms with van der Waals surface area (Å²) in [6.45, 7) is 4.23. The highest BCUT2D eigenvalue weighted by Gasteiger charge is 2.43. The Kier molecular flexibility index (Phi) is 5.13. The number of H-pyrrole nitrogens is 1. The summed E-state index contributed by atoms with van der Waals surface area (Å²) in [5, 5.41) is 0. The number of methoxy groups -OCH3 is 3. The van der Waals surface area contributed by atoms with Gasteiger partial charge in [-0.25, -0.2) is 9.97 Å². The molecule has 0 aliphatic heterocycles. The largest absolute Gasteiger partial charge is 0.493 e. The number of hydrogen-bond donors (Lipinski definition) is 1. The van der Waals surface area contributed by atoms with Crippen LogP contribution < -0.4 is 14.2 Å². The number of aromatic amines is 1. The first-order valence-electron chi connectivity index (χ1n) is 10.1. The molecule has 0 spiro atoms. The van der Waals surface area contributed by atoms with Crippen molar-refractivity contribution in [3.05, 3.63) is 30.1 Å². The third kappa shape index (κ3) is 3.09. The van der Waals surface area contributed by atoms with Crippen LogP contribution in [0.1, 0.15) is 43.5 Å². The number of aromatic nitrogens is 3. The van der Waals surface area contributed by atoms with Crippen LogP contribution in [0.25, 0.3) is 22.4 Å². The monoisotopic (exact) mass is 409 g/mol. The van der Waals surface area contributed by atoms with Gasteiger partial charge in [-0.1, -0.05) is 20.3 Å². The molecule has 1 aromatic carbocycles. The molecule has 4 rings (SSSR count). The zero-order valence-electron chi connectivity index (χ0n) is 18.0.